The van der Waals surface area contributed by atoms with Crippen LogP contribution in [0.3, 0.4) is 0 Å². The molecule has 0 aromatic heterocycles. The van der Waals surface area contributed by atoms with Crippen molar-refractivity contribution in [3.8, 4) is 5.75 Å². The van der Waals surface area contributed by atoms with E-state index in [4.69, 9.17) is 10.0 Å². The summed E-state index contributed by atoms with van der Waals surface area (Å²) in [4.78, 5) is 0. The third kappa shape index (κ3) is 5.00. The fourth-order valence-corrected chi connectivity index (χ4v) is 2.00. The van der Waals surface area contributed by atoms with Gasteiger partial charge in [0.05, 0.1) is 6.54 Å². The van der Waals surface area contributed by atoms with Gasteiger partial charge in [0, 0.05) is 10.8 Å². The maximum Gasteiger partial charge on any atom is 0.730 e. The van der Waals surface area contributed by atoms with Crippen LogP contribution in [0.5, 0.6) is 5.75 Å². The average molecular weight is 308 g/mol. The monoisotopic (exact) mass is 308 g/mol. The van der Waals surface area contributed by atoms with E-state index in [2.05, 4.69) is 35.9 Å². The molecule has 3 N–H and O–H groups in total. The van der Waals surface area contributed by atoms with Crippen molar-refractivity contribution in [3.05, 3.63) is 28.8 Å². The third-order valence-electron chi connectivity index (χ3n) is 3.30. The predicted molar refractivity (Wildman–Crippen MR) is 85.3 cm³/mol. The Hall–Kier alpha value is -1.60. The summed E-state index contributed by atoms with van der Waals surface area (Å²) >= 11 is 0. The summed E-state index contributed by atoms with van der Waals surface area (Å²) in [7, 11) is -2.00. The molecule has 0 atom stereocenters. The molecule has 6 nitrogen and oxygen atoms in total. The Morgan fingerprint density at radius 1 is 1.05 bits per heavy atom. The fourth-order valence-electron chi connectivity index (χ4n) is 2.00. The van der Waals surface area contributed by atoms with Gasteiger partial charge >= 0.3 is 7.32 Å². The maximum absolute atomic E-state index is 10.5. The number of aromatic hydroxyl groups is 1. The first kappa shape index (κ1) is 18.5. The Morgan fingerprint density at radius 2 is 1.64 bits per heavy atom. The van der Waals surface area contributed by atoms with Crippen LogP contribution < -0.4 is 0 Å². The van der Waals surface area contributed by atoms with Crippen molar-refractivity contribution >= 4 is 7.32 Å². The third-order valence-corrected chi connectivity index (χ3v) is 3.30. The normalized spacial score (nSPS) is 12.7. The molecular weight excluding hydrogens is 283 g/mol. The number of hydrogen-bond acceptors (Lipinski definition) is 6. The van der Waals surface area contributed by atoms with Gasteiger partial charge in [0.2, 0.25) is 0 Å². The van der Waals surface area contributed by atoms with Crippen molar-refractivity contribution in [1.82, 2.24) is 0 Å². The van der Waals surface area contributed by atoms with Crippen molar-refractivity contribution in [2.24, 2.45) is 10.4 Å². The van der Waals surface area contributed by atoms with Gasteiger partial charge < -0.3 is 19.9 Å². The van der Waals surface area contributed by atoms with E-state index in [1.54, 1.807) is 0 Å². The Kier molecular flexibility index (Phi) is 5.59. The molecular formula is C15H25BN2O4. The molecule has 0 amide bonds. The van der Waals surface area contributed by atoms with Crippen LogP contribution >= 0.6 is 0 Å². The van der Waals surface area contributed by atoms with Crippen molar-refractivity contribution < 1.29 is 19.9 Å². The van der Waals surface area contributed by atoms with Crippen LogP contribution in [0.25, 0.3) is 0 Å². The molecule has 0 saturated heterocycles. The topological polar surface area (TPSA) is 94.6 Å². The van der Waals surface area contributed by atoms with Gasteiger partial charge in [0.25, 0.3) is 0 Å². The highest BCUT2D eigenvalue weighted by molar-refractivity contribution is 6.32. The van der Waals surface area contributed by atoms with E-state index in [0.29, 0.717) is 5.56 Å². The molecule has 0 aliphatic heterocycles. The highest BCUT2D eigenvalue weighted by atomic mass is 16.7. The lowest BCUT2D eigenvalue weighted by Crippen LogP contribution is -2.17. The molecule has 0 bridgehead atoms. The molecule has 0 aliphatic rings. The maximum atomic E-state index is 10.5. The van der Waals surface area contributed by atoms with E-state index in [0.717, 1.165) is 11.1 Å². The predicted octanol–water partition coefficient (Wildman–Crippen LogP) is 2.84. The number of hydrogen-bond donors (Lipinski definition) is 3. The molecule has 0 spiro atoms. The van der Waals surface area contributed by atoms with Crippen LogP contribution in [0.1, 0.15) is 58.2 Å². The molecule has 1 aromatic rings. The largest absolute Gasteiger partial charge is 0.730 e. The number of nitrogens with zero attached hydrogens (tertiary/aromatic N) is 2. The smallest absolute Gasteiger partial charge is 0.507 e. The number of phenols is 1. The van der Waals surface area contributed by atoms with E-state index in [1.807, 2.05) is 32.9 Å². The van der Waals surface area contributed by atoms with E-state index in [-0.39, 0.29) is 23.1 Å². The van der Waals surface area contributed by atoms with Gasteiger partial charge in [-0.15, -0.1) is 0 Å². The van der Waals surface area contributed by atoms with Crippen LogP contribution in [0, 0.1) is 0 Å². The molecule has 122 valence electrons. The van der Waals surface area contributed by atoms with Gasteiger partial charge in [-0.25, -0.2) is 0 Å². The molecule has 1 aromatic carbocycles. The van der Waals surface area contributed by atoms with Crippen molar-refractivity contribution in [1.29, 1.82) is 0 Å². The molecule has 22 heavy (non-hydrogen) atoms. The Morgan fingerprint density at radius 3 is 2.09 bits per heavy atom. The summed E-state index contributed by atoms with van der Waals surface area (Å²) in [5, 5.41) is 34.5. The van der Waals surface area contributed by atoms with E-state index in [1.165, 1.54) is 0 Å². The van der Waals surface area contributed by atoms with Gasteiger partial charge in [-0.1, -0.05) is 47.6 Å². The first-order chi connectivity index (χ1) is 9.93. The highest BCUT2D eigenvalue weighted by Crippen LogP contribution is 2.37. The summed E-state index contributed by atoms with van der Waals surface area (Å²) in [5.74, 6) is 0.184. The summed E-state index contributed by atoms with van der Waals surface area (Å²) in [6.45, 7) is 12.5. The molecule has 1 rings (SSSR count). The molecule has 0 saturated carbocycles. The lowest BCUT2D eigenvalue weighted by Gasteiger charge is -2.27. The minimum atomic E-state index is -2.00. The zero-order valence-electron chi connectivity index (χ0n) is 14.1. The van der Waals surface area contributed by atoms with Crippen LogP contribution in [0.4, 0.5) is 0 Å². The zero-order valence-corrected chi connectivity index (χ0v) is 14.1. The SMILES string of the molecule is CC(C)(C)c1cc(CN=NOB(O)O)c(O)c(C(C)(C)C)c1. The summed E-state index contributed by atoms with van der Waals surface area (Å²) in [6.07, 6.45) is 0. The minimum Gasteiger partial charge on any atom is -0.507 e. The molecule has 7 heteroatoms. The number of phenolic OH excluding ortho intramolecular Hbond substituents is 1. The second-order valence-corrected chi connectivity index (χ2v) is 7.34. The summed E-state index contributed by atoms with van der Waals surface area (Å²) < 4.78 is 4.19. The van der Waals surface area contributed by atoms with E-state index < -0.39 is 7.32 Å². The quantitative estimate of drug-likeness (QED) is 0.453. The van der Waals surface area contributed by atoms with Crippen LogP contribution in [-0.2, 0) is 22.1 Å². The van der Waals surface area contributed by atoms with Crippen LogP contribution in [0.2, 0.25) is 0 Å². The van der Waals surface area contributed by atoms with Gasteiger partial charge in [-0.2, -0.15) is 5.11 Å². The molecule has 0 radical (unpaired) electrons. The van der Waals surface area contributed by atoms with Crippen molar-refractivity contribution in [3.63, 3.8) is 0 Å². The summed E-state index contributed by atoms with van der Waals surface area (Å²) in [5.41, 5.74) is 2.26. The molecule has 0 heterocycles. The minimum absolute atomic E-state index is 0.0720. The average Bonchev–Trinajstić information content (AvgIpc) is 2.33. The second kappa shape index (κ2) is 6.66. The van der Waals surface area contributed by atoms with Gasteiger partial charge in [-0.05, 0) is 28.0 Å². The van der Waals surface area contributed by atoms with Crippen molar-refractivity contribution in [2.45, 2.75) is 58.9 Å². The van der Waals surface area contributed by atoms with E-state index in [9.17, 15) is 5.11 Å². The van der Waals surface area contributed by atoms with Crippen molar-refractivity contribution in [2.75, 3.05) is 0 Å². The lowest BCUT2D eigenvalue weighted by atomic mass is 9.79. The second-order valence-electron chi connectivity index (χ2n) is 7.34. The van der Waals surface area contributed by atoms with Crippen LogP contribution in [-0.4, -0.2) is 22.5 Å². The Labute approximate surface area is 132 Å². The Balaban J connectivity index is 3.23. The fraction of sp³-hybridized carbons (Fsp3) is 0.600. The van der Waals surface area contributed by atoms with E-state index >= 15 is 0 Å². The highest BCUT2D eigenvalue weighted by Gasteiger charge is 2.24. The molecule has 0 fully saturated rings. The standard InChI is InChI=1S/C15H25BN2O4/c1-14(2,3)11-7-10(9-17-18-22-16(20)21)13(19)12(8-11)15(4,5)6/h7-8,19-21H,9H2,1-6H3. The first-order valence-corrected chi connectivity index (χ1v) is 7.18. The van der Waals surface area contributed by atoms with Gasteiger partial charge in [0.1, 0.15) is 5.75 Å². The summed E-state index contributed by atoms with van der Waals surface area (Å²) in [6, 6.07) is 3.91. The first-order valence-electron chi connectivity index (χ1n) is 7.18. The van der Waals surface area contributed by atoms with Gasteiger partial charge in [-0.3, -0.25) is 0 Å². The number of rotatable bonds is 4. The zero-order chi connectivity index (χ0) is 17.1. The van der Waals surface area contributed by atoms with Crippen LogP contribution in [0.15, 0.2) is 22.5 Å². The number of benzene rings is 1. The molecule has 0 aliphatic carbocycles. The Bertz CT molecular complexity index is 546. The molecule has 0 unspecified atom stereocenters. The van der Waals surface area contributed by atoms with Gasteiger partial charge in [0.15, 0.2) is 0 Å². The lowest BCUT2D eigenvalue weighted by molar-refractivity contribution is 0.177.